The number of morpholine rings is 1. The third-order valence-electron chi connectivity index (χ3n) is 3.64. The van der Waals surface area contributed by atoms with E-state index in [9.17, 15) is 9.18 Å². The largest absolute Gasteiger partial charge is 0.478 e. The number of aromatic carboxylic acids is 1. The summed E-state index contributed by atoms with van der Waals surface area (Å²) < 4.78 is 19.2. The van der Waals surface area contributed by atoms with E-state index in [-0.39, 0.29) is 11.7 Å². The van der Waals surface area contributed by atoms with Crippen LogP contribution in [0, 0.1) is 5.82 Å². The highest BCUT2D eigenvalue weighted by molar-refractivity contribution is 5.87. The molecular weight excluding hydrogens is 275 g/mol. The Morgan fingerprint density at radius 3 is 3.05 bits per heavy atom. The lowest BCUT2D eigenvalue weighted by molar-refractivity contribution is -0.0253. The number of nitrogens with zero attached hydrogens (tertiary/aromatic N) is 1. The van der Waals surface area contributed by atoms with Crippen molar-refractivity contribution in [2.24, 2.45) is 0 Å². The van der Waals surface area contributed by atoms with E-state index in [0.29, 0.717) is 13.1 Å². The summed E-state index contributed by atoms with van der Waals surface area (Å²) in [6.45, 7) is 6.93. The van der Waals surface area contributed by atoms with Crippen LogP contribution in [-0.2, 0) is 11.3 Å². The Labute approximate surface area is 123 Å². The molecule has 2 N–H and O–H groups in total. The minimum atomic E-state index is -1.25. The average molecular weight is 296 g/mol. The van der Waals surface area contributed by atoms with Gasteiger partial charge in [-0.1, -0.05) is 13.0 Å². The Morgan fingerprint density at radius 2 is 2.38 bits per heavy atom. The van der Waals surface area contributed by atoms with Crippen molar-refractivity contribution >= 4 is 5.97 Å². The Balaban J connectivity index is 1.81. The molecule has 0 saturated carbocycles. The van der Waals surface area contributed by atoms with Gasteiger partial charge in [0, 0.05) is 26.2 Å². The van der Waals surface area contributed by atoms with E-state index < -0.39 is 11.8 Å². The van der Waals surface area contributed by atoms with Crippen LogP contribution in [0.3, 0.4) is 0 Å². The van der Waals surface area contributed by atoms with E-state index in [1.165, 1.54) is 12.1 Å². The number of hydrogen-bond acceptors (Lipinski definition) is 4. The van der Waals surface area contributed by atoms with Crippen molar-refractivity contribution < 1.29 is 19.0 Å². The summed E-state index contributed by atoms with van der Waals surface area (Å²) in [5, 5.41) is 12.0. The molecule has 1 heterocycles. The first-order chi connectivity index (χ1) is 10.1. The summed E-state index contributed by atoms with van der Waals surface area (Å²) in [6, 6.07) is 4.18. The minimum Gasteiger partial charge on any atom is -0.478 e. The zero-order chi connectivity index (χ0) is 15.2. The molecule has 0 radical (unpaired) electrons. The first kappa shape index (κ1) is 15.9. The summed E-state index contributed by atoms with van der Waals surface area (Å²) >= 11 is 0. The maximum atomic E-state index is 13.5. The van der Waals surface area contributed by atoms with E-state index >= 15 is 0 Å². The van der Waals surface area contributed by atoms with Crippen molar-refractivity contribution in [3.05, 3.63) is 35.1 Å². The number of carbonyl (C=O) groups is 1. The van der Waals surface area contributed by atoms with Crippen LogP contribution in [0.1, 0.15) is 22.8 Å². The third-order valence-corrected chi connectivity index (χ3v) is 3.64. The van der Waals surface area contributed by atoms with Gasteiger partial charge in [-0.05, 0) is 24.2 Å². The topological polar surface area (TPSA) is 61.8 Å². The van der Waals surface area contributed by atoms with E-state index in [1.54, 1.807) is 6.07 Å². The van der Waals surface area contributed by atoms with Gasteiger partial charge in [0.1, 0.15) is 5.82 Å². The van der Waals surface area contributed by atoms with Gasteiger partial charge < -0.3 is 15.2 Å². The standard InChI is InChI=1S/C15H21FN2O3/c1-2-18-5-6-21-12(10-18)9-17-8-11-3-4-13(15(19)20)14(16)7-11/h3-4,7,12,17H,2,5-6,8-10H2,1H3,(H,19,20). The Bertz CT molecular complexity index is 496. The summed E-state index contributed by atoms with van der Waals surface area (Å²) in [5.74, 6) is -1.95. The fraction of sp³-hybridized carbons (Fsp3) is 0.533. The molecule has 0 aromatic heterocycles. The molecule has 1 aliphatic rings. The van der Waals surface area contributed by atoms with Gasteiger partial charge in [-0.3, -0.25) is 4.90 Å². The summed E-state index contributed by atoms with van der Waals surface area (Å²) in [5.41, 5.74) is 0.425. The molecule has 1 aromatic rings. The lowest BCUT2D eigenvalue weighted by Gasteiger charge is -2.32. The van der Waals surface area contributed by atoms with E-state index in [4.69, 9.17) is 9.84 Å². The summed E-state index contributed by atoms with van der Waals surface area (Å²) in [4.78, 5) is 13.1. The Kier molecular flexibility index (Phi) is 5.67. The van der Waals surface area contributed by atoms with Crippen LogP contribution in [0.5, 0.6) is 0 Å². The number of hydrogen-bond donors (Lipinski definition) is 2. The van der Waals surface area contributed by atoms with Crippen LogP contribution in [0.15, 0.2) is 18.2 Å². The maximum absolute atomic E-state index is 13.5. The number of nitrogens with one attached hydrogen (secondary N) is 1. The second kappa shape index (κ2) is 7.49. The Hall–Kier alpha value is -1.50. The van der Waals surface area contributed by atoms with Crippen LogP contribution in [0.2, 0.25) is 0 Å². The molecule has 116 valence electrons. The van der Waals surface area contributed by atoms with E-state index in [1.807, 2.05) is 0 Å². The summed E-state index contributed by atoms with van der Waals surface area (Å²) in [7, 11) is 0. The smallest absolute Gasteiger partial charge is 0.338 e. The molecule has 1 saturated heterocycles. The first-order valence-electron chi connectivity index (χ1n) is 7.16. The van der Waals surface area contributed by atoms with Crippen molar-refractivity contribution in [1.82, 2.24) is 10.2 Å². The zero-order valence-electron chi connectivity index (χ0n) is 12.1. The lowest BCUT2D eigenvalue weighted by atomic mass is 10.1. The van der Waals surface area contributed by atoms with Gasteiger partial charge >= 0.3 is 5.97 Å². The SMILES string of the molecule is CCN1CCOC(CNCc2ccc(C(=O)O)c(F)c2)C1. The third kappa shape index (κ3) is 4.49. The number of carboxylic acids is 1. The number of rotatable bonds is 6. The lowest BCUT2D eigenvalue weighted by Crippen LogP contribution is -2.46. The van der Waals surface area contributed by atoms with Gasteiger partial charge in [-0.15, -0.1) is 0 Å². The highest BCUT2D eigenvalue weighted by atomic mass is 19.1. The predicted molar refractivity (Wildman–Crippen MR) is 76.9 cm³/mol. The molecule has 0 bridgehead atoms. The zero-order valence-corrected chi connectivity index (χ0v) is 12.1. The van der Waals surface area contributed by atoms with Gasteiger partial charge in [0.25, 0.3) is 0 Å². The first-order valence-corrected chi connectivity index (χ1v) is 7.16. The summed E-state index contributed by atoms with van der Waals surface area (Å²) in [6.07, 6.45) is 0.141. The molecule has 1 fully saturated rings. The fourth-order valence-corrected chi connectivity index (χ4v) is 2.41. The molecule has 1 aliphatic heterocycles. The van der Waals surface area contributed by atoms with Crippen LogP contribution in [0.4, 0.5) is 4.39 Å². The highest BCUT2D eigenvalue weighted by Crippen LogP contribution is 2.11. The quantitative estimate of drug-likeness (QED) is 0.829. The van der Waals surface area contributed by atoms with Gasteiger partial charge in [0.05, 0.1) is 18.3 Å². The molecule has 6 heteroatoms. The molecular formula is C15H21FN2O3. The number of likely N-dealkylation sites (N-methyl/N-ethyl adjacent to an activating group) is 1. The van der Waals surface area contributed by atoms with Crippen molar-refractivity contribution in [3.8, 4) is 0 Å². The molecule has 1 atom stereocenters. The van der Waals surface area contributed by atoms with Gasteiger partial charge in [0.15, 0.2) is 0 Å². The second-order valence-corrected chi connectivity index (χ2v) is 5.14. The monoisotopic (exact) mass is 296 g/mol. The number of ether oxygens (including phenoxy) is 1. The average Bonchev–Trinajstić information content (AvgIpc) is 2.47. The van der Waals surface area contributed by atoms with Crippen LogP contribution < -0.4 is 5.32 Å². The van der Waals surface area contributed by atoms with E-state index in [0.717, 1.165) is 31.8 Å². The van der Waals surface area contributed by atoms with Crippen molar-refractivity contribution in [2.45, 2.75) is 19.6 Å². The molecule has 1 aromatic carbocycles. The van der Waals surface area contributed by atoms with Crippen LogP contribution in [0.25, 0.3) is 0 Å². The van der Waals surface area contributed by atoms with Crippen molar-refractivity contribution in [1.29, 1.82) is 0 Å². The number of benzene rings is 1. The van der Waals surface area contributed by atoms with Gasteiger partial charge in [0.2, 0.25) is 0 Å². The number of carboxylic acid groups (broad SMARTS) is 1. The normalized spacial score (nSPS) is 19.6. The van der Waals surface area contributed by atoms with Crippen molar-refractivity contribution in [2.75, 3.05) is 32.8 Å². The molecule has 2 rings (SSSR count). The molecule has 0 amide bonds. The predicted octanol–water partition coefficient (Wildman–Crippen LogP) is 1.33. The van der Waals surface area contributed by atoms with E-state index in [2.05, 4.69) is 17.1 Å². The second-order valence-electron chi connectivity index (χ2n) is 5.14. The maximum Gasteiger partial charge on any atom is 0.338 e. The van der Waals surface area contributed by atoms with Crippen molar-refractivity contribution in [3.63, 3.8) is 0 Å². The van der Waals surface area contributed by atoms with Crippen LogP contribution in [-0.4, -0.2) is 54.9 Å². The Morgan fingerprint density at radius 1 is 1.57 bits per heavy atom. The molecule has 1 unspecified atom stereocenters. The minimum absolute atomic E-state index is 0.141. The molecule has 5 nitrogen and oxygen atoms in total. The molecule has 21 heavy (non-hydrogen) atoms. The molecule has 0 spiro atoms. The fourth-order valence-electron chi connectivity index (χ4n) is 2.41. The van der Waals surface area contributed by atoms with Crippen LogP contribution >= 0.6 is 0 Å². The molecule has 0 aliphatic carbocycles. The highest BCUT2D eigenvalue weighted by Gasteiger charge is 2.18. The van der Waals surface area contributed by atoms with Gasteiger partial charge in [-0.25, -0.2) is 9.18 Å². The van der Waals surface area contributed by atoms with Gasteiger partial charge in [-0.2, -0.15) is 0 Å². The number of halogens is 1.